The molecule has 0 aliphatic carbocycles. The Morgan fingerprint density at radius 1 is 0.474 bits per heavy atom. The zero-order valence-electron chi connectivity index (χ0n) is 31.7. The second kappa shape index (κ2) is 22.6. The first-order valence-electron chi connectivity index (χ1n) is 18.0. The van der Waals surface area contributed by atoms with Gasteiger partial charge in [0.2, 0.25) is 12.6 Å². The van der Waals surface area contributed by atoms with Crippen molar-refractivity contribution in [3.8, 4) is 0 Å². The standard InChI is InChI=1S/C38H54O19/c1-18(11-7-13-20(3)34(50)56-37-32(48)29(45)26(42)23(16-40)54-37)9-5-6-10-19(2)12-8-14-21(4)35(51)57-38-33(49)30(46)27(43)24(55-38)17-52-36-31(47)28(44)25(41)22(15-39)53-36/h5-14,22-33,36-49H,15-17H2,1-4H3/t22-,23-,24-,25-,26-,27-,28+,29+,30-,31-,32-,33-,36-,37+,38+/m1/s1. The van der Waals surface area contributed by atoms with Crippen molar-refractivity contribution < 1.29 is 94.2 Å². The second-order valence-corrected chi connectivity index (χ2v) is 13.7. The highest BCUT2D eigenvalue weighted by atomic mass is 16.7. The topological polar surface area (TPSA) is 312 Å². The molecule has 0 saturated carbocycles. The molecule has 3 fully saturated rings. The molecule has 0 aromatic heterocycles. The second-order valence-electron chi connectivity index (χ2n) is 13.7. The summed E-state index contributed by atoms with van der Waals surface area (Å²) in [6, 6.07) is 0. The van der Waals surface area contributed by atoms with E-state index in [4.69, 9.17) is 28.4 Å². The largest absolute Gasteiger partial charge is 0.429 e. The Morgan fingerprint density at radius 3 is 1.23 bits per heavy atom. The molecule has 11 N–H and O–H groups in total. The molecule has 0 amide bonds. The Morgan fingerprint density at radius 2 is 0.825 bits per heavy atom. The lowest BCUT2D eigenvalue weighted by Crippen LogP contribution is -2.61. The van der Waals surface area contributed by atoms with Gasteiger partial charge in [-0.1, -0.05) is 71.9 Å². The van der Waals surface area contributed by atoms with Gasteiger partial charge in [0.05, 0.1) is 19.8 Å². The summed E-state index contributed by atoms with van der Waals surface area (Å²) in [5.41, 5.74) is 1.86. The quantitative estimate of drug-likeness (QED) is 0.0445. The normalized spacial score (nSPS) is 37.6. The molecule has 0 spiro atoms. The third-order valence-corrected chi connectivity index (χ3v) is 9.12. The number of aliphatic hydroxyl groups is 11. The molecule has 0 aromatic carbocycles. The lowest BCUT2D eigenvalue weighted by Gasteiger charge is -2.42. The first kappa shape index (κ1) is 47.9. The molecule has 57 heavy (non-hydrogen) atoms. The predicted molar refractivity (Wildman–Crippen MR) is 195 cm³/mol. The van der Waals surface area contributed by atoms with Crippen LogP contribution in [-0.2, 0) is 38.0 Å². The maximum absolute atomic E-state index is 12.7. The van der Waals surface area contributed by atoms with Crippen LogP contribution in [0.25, 0.3) is 0 Å². The number of hydrogen-bond acceptors (Lipinski definition) is 19. The van der Waals surface area contributed by atoms with E-state index < -0.39 is 124 Å². The van der Waals surface area contributed by atoms with Crippen molar-refractivity contribution in [3.05, 3.63) is 83.1 Å². The van der Waals surface area contributed by atoms with Crippen LogP contribution < -0.4 is 0 Å². The van der Waals surface area contributed by atoms with Gasteiger partial charge in [0.25, 0.3) is 0 Å². The lowest BCUT2D eigenvalue weighted by atomic mass is 9.98. The predicted octanol–water partition coefficient (Wildman–Crippen LogP) is -3.05. The third kappa shape index (κ3) is 13.3. The summed E-state index contributed by atoms with van der Waals surface area (Å²) in [5, 5.41) is 110. The Kier molecular flexibility index (Phi) is 19.0. The summed E-state index contributed by atoms with van der Waals surface area (Å²) in [5.74, 6) is -1.75. The molecule has 19 nitrogen and oxygen atoms in total. The first-order valence-corrected chi connectivity index (χ1v) is 18.0. The molecule has 0 radical (unpaired) electrons. The average molecular weight is 815 g/mol. The van der Waals surface area contributed by atoms with Crippen LogP contribution in [0.2, 0.25) is 0 Å². The van der Waals surface area contributed by atoms with Crippen LogP contribution in [0.5, 0.6) is 0 Å². The third-order valence-electron chi connectivity index (χ3n) is 9.12. The number of aliphatic hydroxyl groups excluding tert-OH is 11. The van der Waals surface area contributed by atoms with Gasteiger partial charge in [0.15, 0.2) is 6.29 Å². The summed E-state index contributed by atoms with van der Waals surface area (Å²) in [7, 11) is 0. The van der Waals surface area contributed by atoms with Gasteiger partial charge < -0.3 is 84.6 Å². The Labute approximate surface area is 328 Å². The van der Waals surface area contributed by atoms with E-state index in [0.29, 0.717) is 0 Å². The van der Waals surface area contributed by atoms with Gasteiger partial charge in [0.1, 0.15) is 73.2 Å². The molecule has 19 heteroatoms. The monoisotopic (exact) mass is 814 g/mol. The molecule has 320 valence electrons. The Hall–Kier alpha value is -3.48. The Bertz CT molecular complexity index is 1550. The van der Waals surface area contributed by atoms with Crippen LogP contribution in [0.15, 0.2) is 83.1 Å². The number of rotatable bonds is 15. The van der Waals surface area contributed by atoms with Crippen molar-refractivity contribution in [2.75, 3.05) is 19.8 Å². The summed E-state index contributed by atoms with van der Waals surface area (Å²) in [6.07, 6.45) is -7.55. The number of allylic oxidation sites excluding steroid dienone is 12. The fraction of sp³-hybridized carbons (Fsp3) is 0.579. The van der Waals surface area contributed by atoms with E-state index in [0.717, 1.165) is 11.1 Å². The molecule has 3 rings (SSSR count). The van der Waals surface area contributed by atoms with Crippen LogP contribution in [0.1, 0.15) is 27.7 Å². The number of carbonyl (C=O) groups is 2. The minimum Gasteiger partial charge on any atom is -0.429 e. The number of hydrogen-bond donors (Lipinski definition) is 11. The lowest BCUT2D eigenvalue weighted by molar-refractivity contribution is -0.326. The van der Waals surface area contributed by atoms with E-state index in [1.807, 2.05) is 6.92 Å². The average Bonchev–Trinajstić information content (AvgIpc) is 3.18. The summed E-state index contributed by atoms with van der Waals surface area (Å²) < 4.78 is 31.6. The van der Waals surface area contributed by atoms with Gasteiger partial charge in [-0.05, 0) is 27.7 Å². The molecule has 3 heterocycles. The van der Waals surface area contributed by atoms with E-state index in [1.54, 1.807) is 55.5 Å². The van der Waals surface area contributed by atoms with Gasteiger partial charge in [-0.2, -0.15) is 0 Å². The first-order chi connectivity index (χ1) is 26.9. The molecule has 15 atom stereocenters. The fourth-order valence-corrected chi connectivity index (χ4v) is 5.46. The van der Waals surface area contributed by atoms with E-state index in [2.05, 4.69) is 0 Å². The van der Waals surface area contributed by atoms with Crippen LogP contribution in [-0.4, -0.2) is 180 Å². The van der Waals surface area contributed by atoms with Crippen LogP contribution >= 0.6 is 0 Å². The molecule has 3 aliphatic heterocycles. The zero-order valence-corrected chi connectivity index (χ0v) is 31.7. The maximum atomic E-state index is 12.7. The number of carbonyl (C=O) groups excluding carboxylic acids is 2. The molecular formula is C38H54O19. The van der Waals surface area contributed by atoms with Crippen LogP contribution in [0, 0.1) is 0 Å². The molecule has 0 aromatic rings. The summed E-state index contributed by atoms with van der Waals surface area (Å²) in [4.78, 5) is 25.2. The van der Waals surface area contributed by atoms with Crippen molar-refractivity contribution in [1.82, 2.24) is 0 Å². The summed E-state index contributed by atoms with van der Waals surface area (Å²) >= 11 is 0. The minimum atomic E-state index is -1.83. The van der Waals surface area contributed by atoms with Gasteiger partial charge in [-0.3, -0.25) is 0 Å². The van der Waals surface area contributed by atoms with E-state index in [9.17, 15) is 65.8 Å². The highest BCUT2D eigenvalue weighted by Crippen LogP contribution is 2.27. The molecule has 3 saturated heterocycles. The van der Waals surface area contributed by atoms with Crippen molar-refractivity contribution in [2.45, 2.75) is 120 Å². The molecular weight excluding hydrogens is 760 g/mol. The van der Waals surface area contributed by atoms with Crippen LogP contribution in [0.3, 0.4) is 0 Å². The van der Waals surface area contributed by atoms with E-state index >= 15 is 0 Å². The minimum absolute atomic E-state index is 0.0944. The van der Waals surface area contributed by atoms with E-state index in [1.165, 1.54) is 26.0 Å². The van der Waals surface area contributed by atoms with Crippen molar-refractivity contribution in [1.29, 1.82) is 0 Å². The van der Waals surface area contributed by atoms with Crippen molar-refractivity contribution >= 4 is 11.9 Å². The molecule has 0 unspecified atom stereocenters. The maximum Gasteiger partial charge on any atom is 0.336 e. The van der Waals surface area contributed by atoms with Crippen molar-refractivity contribution in [3.63, 3.8) is 0 Å². The SMILES string of the molecule is CC(C=CC=C(C)C(=O)O[C@@H]1O[C@H](CO)[C@@H](O)[C@H](O)[C@H]1O)=CC=CC=C(C)C=CC=C(C)C(=O)O[C@@H]1O[C@H](CO[C@@H]2O[C@H](CO)[C@@H](O)[C@H](O)[C@H]2O)[C@@H](O)[C@@H](O)[C@H]1O. The smallest absolute Gasteiger partial charge is 0.336 e. The highest BCUT2D eigenvalue weighted by molar-refractivity contribution is 5.88. The molecule has 0 bridgehead atoms. The highest BCUT2D eigenvalue weighted by Gasteiger charge is 2.48. The van der Waals surface area contributed by atoms with E-state index in [-0.39, 0.29) is 11.1 Å². The zero-order chi connectivity index (χ0) is 42.6. The number of esters is 2. The fourth-order valence-electron chi connectivity index (χ4n) is 5.46. The summed E-state index contributed by atoms with van der Waals surface area (Å²) in [6.45, 7) is 4.59. The van der Waals surface area contributed by atoms with Crippen molar-refractivity contribution in [2.24, 2.45) is 0 Å². The van der Waals surface area contributed by atoms with Gasteiger partial charge in [-0.15, -0.1) is 0 Å². The number of ether oxygens (including phenoxy) is 6. The van der Waals surface area contributed by atoms with Crippen LogP contribution in [0.4, 0.5) is 0 Å². The van der Waals surface area contributed by atoms with Gasteiger partial charge in [0, 0.05) is 11.1 Å². The Balaban J connectivity index is 1.48. The van der Waals surface area contributed by atoms with Gasteiger partial charge >= 0.3 is 11.9 Å². The molecule has 3 aliphatic rings. The van der Waals surface area contributed by atoms with Gasteiger partial charge in [-0.25, -0.2) is 9.59 Å².